The minimum absolute atomic E-state index is 0.0833. The average Bonchev–Trinajstić information content (AvgIpc) is 3.56. The third kappa shape index (κ3) is 6.90. The van der Waals surface area contributed by atoms with Gasteiger partial charge in [0.1, 0.15) is 23.1 Å². The van der Waals surface area contributed by atoms with Gasteiger partial charge in [-0.15, -0.1) is 0 Å². The summed E-state index contributed by atoms with van der Waals surface area (Å²) in [4.78, 5) is 50.0. The van der Waals surface area contributed by atoms with Crippen LogP contribution in [0.2, 0.25) is 10.0 Å². The molecular formula is C37H33Cl2N7O5. The van der Waals surface area contributed by atoms with Crippen LogP contribution in [-0.4, -0.2) is 69.5 Å². The zero-order chi connectivity index (χ0) is 35.6. The number of carbonyl (C=O) groups excluding carboxylic acids is 1. The van der Waals surface area contributed by atoms with Crippen LogP contribution in [-0.2, 0) is 16.1 Å². The number of benzene rings is 2. The van der Waals surface area contributed by atoms with Gasteiger partial charge in [-0.05, 0) is 36.6 Å². The van der Waals surface area contributed by atoms with Crippen LogP contribution in [0.15, 0.2) is 82.8 Å². The fraction of sp³-hybridized carbons (Fsp3) is 0.243. The zero-order valence-corrected chi connectivity index (χ0v) is 29.0. The van der Waals surface area contributed by atoms with E-state index in [9.17, 15) is 19.5 Å². The predicted molar refractivity (Wildman–Crippen MR) is 196 cm³/mol. The fourth-order valence-corrected chi connectivity index (χ4v) is 7.05. The summed E-state index contributed by atoms with van der Waals surface area (Å²) < 4.78 is 7.02. The highest BCUT2D eigenvalue weighted by Gasteiger charge is 2.25. The minimum atomic E-state index is -1.00. The number of methoxy groups -OCH3 is 1. The van der Waals surface area contributed by atoms with E-state index in [0.29, 0.717) is 82.0 Å². The minimum Gasteiger partial charge on any atom is -0.481 e. The molecule has 3 aromatic heterocycles. The number of pyridine rings is 2. The molecule has 2 aliphatic rings. The summed E-state index contributed by atoms with van der Waals surface area (Å²) in [6.07, 6.45) is 4.73. The van der Waals surface area contributed by atoms with Gasteiger partial charge in [0.15, 0.2) is 0 Å². The molecule has 2 atom stereocenters. The van der Waals surface area contributed by atoms with Crippen molar-refractivity contribution in [2.45, 2.75) is 37.9 Å². The molecule has 2 aliphatic heterocycles. The van der Waals surface area contributed by atoms with Crippen molar-refractivity contribution in [3.05, 3.63) is 105 Å². The largest absolute Gasteiger partial charge is 0.481 e. The number of hydrogen-bond acceptors (Lipinski definition) is 9. The molecule has 0 saturated carbocycles. The van der Waals surface area contributed by atoms with E-state index in [-0.39, 0.29) is 28.9 Å². The van der Waals surface area contributed by atoms with E-state index >= 15 is 0 Å². The monoisotopic (exact) mass is 725 g/mol. The second-order valence-electron chi connectivity index (χ2n) is 12.3. The Kier molecular flexibility index (Phi) is 9.72. The molecule has 14 heteroatoms. The summed E-state index contributed by atoms with van der Waals surface area (Å²) in [5.74, 6) is -0.231. The Labute approximate surface area is 302 Å². The number of aromatic nitrogens is 3. The summed E-state index contributed by atoms with van der Waals surface area (Å²) in [6.45, 7) is 1.48. The SMILES string of the molecule is COc1nc(-c2cccc(-c3cccc(-c4ccn5c(=O)c(C6=NCCC(C(=O)O)N6)cnc5c4)c3Cl)c2Cl)ccc1CNC[C@@H]1CCC(=O)N1. The number of carboxylic acid groups (broad SMARTS) is 1. The number of aliphatic carboxylic acids is 1. The Morgan fingerprint density at radius 1 is 0.980 bits per heavy atom. The van der Waals surface area contributed by atoms with Crippen LogP contribution in [0, 0.1) is 0 Å². The fourth-order valence-electron chi connectivity index (χ4n) is 6.38. The lowest BCUT2D eigenvalue weighted by atomic mass is 9.97. The molecular weight excluding hydrogens is 693 g/mol. The van der Waals surface area contributed by atoms with Crippen molar-refractivity contribution in [1.82, 2.24) is 30.3 Å². The molecule has 5 aromatic rings. The Bertz CT molecular complexity index is 2270. The van der Waals surface area contributed by atoms with E-state index in [2.05, 4.69) is 25.9 Å². The van der Waals surface area contributed by atoms with Gasteiger partial charge in [-0.25, -0.2) is 14.8 Å². The Morgan fingerprint density at radius 3 is 2.45 bits per heavy atom. The third-order valence-corrected chi connectivity index (χ3v) is 9.87. The summed E-state index contributed by atoms with van der Waals surface area (Å²) in [5, 5.41) is 19.5. The lowest BCUT2D eigenvalue weighted by Gasteiger charge is -2.21. The Hall–Kier alpha value is -5.30. The molecule has 2 aromatic carbocycles. The zero-order valence-electron chi connectivity index (χ0n) is 27.5. The van der Waals surface area contributed by atoms with Gasteiger partial charge in [0.2, 0.25) is 11.8 Å². The number of halogens is 2. The number of fused-ring (bicyclic) bond motifs is 1. The molecule has 1 saturated heterocycles. The molecule has 5 heterocycles. The van der Waals surface area contributed by atoms with Gasteiger partial charge in [0, 0.05) is 72.3 Å². The van der Waals surface area contributed by atoms with Crippen LogP contribution in [0.5, 0.6) is 5.88 Å². The molecule has 0 aliphatic carbocycles. The second-order valence-corrected chi connectivity index (χ2v) is 13.1. The summed E-state index contributed by atoms with van der Waals surface area (Å²) in [6, 6.07) is 18.0. The number of hydrogen-bond donors (Lipinski definition) is 4. The molecule has 0 spiro atoms. The predicted octanol–water partition coefficient (Wildman–Crippen LogP) is 4.97. The van der Waals surface area contributed by atoms with Crippen LogP contribution in [0.1, 0.15) is 30.4 Å². The van der Waals surface area contributed by atoms with Crippen molar-refractivity contribution in [2.24, 2.45) is 4.99 Å². The van der Waals surface area contributed by atoms with Gasteiger partial charge in [-0.2, -0.15) is 0 Å². The van der Waals surface area contributed by atoms with Gasteiger partial charge in [0.05, 0.1) is 22.8 Å². The highest BCUT2D eigenvalue weighted by Crippen LogP contribution is 2.42. The molecule has 260 valence electrons. The number of carbonyl (C=O) groups is 2. The van der Waals surface area contributed by atoms with E-state index in [1.807, 2.05) is 48.5 Å². The molecule has 4 N–H and O–H groups in total. The van der Waals surface area contributed by atoms with Crippen molar-refractivity contribution in [1.29, 1.82) is 0 Å². The molecule has 51 heavy (non-hydrogen) atoms. The number of aliphatic imine (C=N–C) groups is 1. The van der Waals surface area contributed by atoms with Crippen LogP contribution in [0.25, 0.3) is 39.2 Å². The number of rotatable bonds is 10. The average molecular weight is 727 g/mol. The standard InChI is InChI=1S/C37H33Cl2N7O5/c1-51-35-21(17-40-18-22-9-11-31(47)43-22)8-10-28(45-35)26-7-3-6-25(33(26)39)24-5-2-4-23(32(24)38)20-13-15-46-30(16-20)42-19-27(36(46)48)34-41-14-12-29(44-34)37(49)50/h2-8,10,13,15-16,19,22,29,40H,9,11-12,14,17-18H2,1H3,(H,41,44)(H,43,47)(H,49,50)/t22-,29?/m0/s1. The van der Waals surface area contributed by atoms with Gasteiger partial charge in [-0.3, -0.25) is 19.0 Å². The van der Waals surface area contributed by atoms with Gasteiger partial charge < -0.3 is 25.8 Å². The van der Waals surface area contributed by atoms with Gasteiger partial charge >= 0.3 is 5.97 Å². The van der Waals surface area contributed by atoms with Crippen molar-refractivity contribution in [3.63, 3.8) is 0 Å². The number of nitrogens with one attached hydrogen (secondary N) is 3. The van der Waals surface area contributed by atoms with E-state index in [1.54, 1.807) is 25.4 Å². The first kappa shape index (κ1) is 34.2. The third-order valence-electron chi connectivity index (χ3n) is 9.06. The first-order valence-corrected chi connectivity index (χ1v) is 17.1. The summed E-state index contributed by atoms with van der Waals surface area (Å²) in [7, 11) is 1.58. The first-order chi connectivity index (χ1) is 24.7. The van der Waals surface area contributed by atoms with Gasteiger partial charge in [0.25, 0.3) is 5.56 Å². The number of carboxylic acids is 1. The van der Waals surface area contributed by atoms with Crippen molar-refractivity contribution >= 4 is 46.6 Å². The maximum absolute atomic E-state index is 13.4. The highest BCUT2D eigenvalue weighted by molar-refractivity contribution is 6.39. The first-order valence-electron chi connectivity index (χ1n) is 16.4. The molecule has 1 fully saturated rings. The van der Waals surface area contributed by atoms with E-state index in [1.165, 1.54) is 10.6 Å². The van der Waals surface area contributed by atoms with Crippen LogP contribution in [0.3, 0.4) is 0 Å². The van der Waals surface area contributed by atoms with E-state index < -0.39 is 12.0 Å². The lowest BCUT2D eigenvalue weighted by molar-refractivity contribution is -0.139. The van der Waals surface area contributed by atoms with E-state index in [4.69, 9.17) is 32.9 Å². The Balaban J connectivity index is 1.15. The number of amidine groups is 1. The molecule has 12 nitrogen and oxygen atoms in total. The topological polar surface area (TPSA) is 159 Å². The number of nitrogens with zero attached hydrogens (tertiary/aromatic N) is 4. The molecule has 0 radical (unpaired) electrons. The molecule has 7 rings (SSSR count). The van der Waals surface area contributed by atoms with Gasteiger partial charge in [-0.1, -0.05) is 65.7 Å². The summed E-state index contributed by atoms with van der Waals surface area (Å²) in [5.41, 5.74) is 5.30. The van der Waals surface area contributed by atoms with Crippen molar-refractivity contribution in [2.75, 3.05) is 20.2 Å². The maximum atomic E-state index is 13.4. The highest BCUT2D eigenvalue weighted by atomic mass is 35.5. The molecule has 0 bridgehead atoms. The van der Waals surface area contributed by atoms with Crippen LogP contribution >= 0.6 is 23.2 Å². The summed E-state index contributed by atoms with van der Waals surface area (Å²) >= 11 is 14.2. The van der Waals surface area contributed by atoms with Crippen LogP contribution in [0.4, 0.5) is 0 Å². The molecule has 1 amide bonds. The number of amides is 1. The van der Waals surface area contributed by atoms with E-state index in [0.717, 1.165) is 17.5 Å². The van der Waals surface area contributed by atoms with Crippen molar-refractivity contribution < 1.29 is 19.4 Å². The number of ether oxygens (including phenoxy) is 1. The quantitative estimate of drug-likeness (QED) is 0.156. The Morgan fingerprint density at radius 2 is 1.73 bits per heavy atom. The maximum Gasteiger partial charge on any atom is 0.326 e. The normalized spacial score (nSPS) is 17.2. The van der Waals surface area contributed by atoms with Crippen molar-refractivity contribution in [3.8, 4) is 39.4 Å². The smallest absolute Gasteiger partial charge is 0.326 e. The molecule has 1 unspecified atom stereocenters. The second kappa shape index (κ2) is 14.5. The van der Waals surface area contributed by atoms with Crippen LogP contribution < -0.4 is 26.2 Å². The lowest BCUT2D eigenvalue weighted by Crippen LogP contribution is -2.46.